The monoisotopic (exact) mass is 245 g/mol. The molecular formula is C16H23NO. The standard InChI is InChI=1S/C16H23NO/c1-3-15(13-10-9-12(2)11-13)16(18)17-14-7-5-4-6-8-14/h4-8,12-13,15H,3,9-11H2,1-2H3,(H,17,18). The molecule has 2 nitrogen and oxygen atoms in total. The molecule has 3 atom stereocenters. The number of hydrogen-bond donors (Lipinski definition) is 1. The average molecular weight is 245 g/mol. The zero-order chi connectivity index (χ0) is 13.0. The number of carbonyl (C=O) groups excluding carboxylic acids is 1. The number of hydrogen-bond acceptors (Lipinski definition) is 1. The van der Waals surface area contributed by atoms with E-state index in [1.165, 1.54) is 19.3 Å². The van der Waals surface area contributed by atoms with Crippen LogP contribution in [0, 0.1) is 17.8 Å². The molecule has 0 heterocycles. The van der Waals surface area contributed by atoms with Crippen LogP contribution in [0.15, 0.2) is 30.3 Å². The van der Waals surface area contributed by atoms with Crippen LogP contribution in [0.4, 0.5) is 5.69 Å². The Kier molecular flexibility index (Phi) is 4.40. The average Bonchev–Trinajstić information content (AvgIpc) is 2.78. The third-order valence-corrected chi connectivity index (χ3v) is 4.12. The maximum atomic E-state index is 12.3. The molecule has 1 aromatic rings. The van der Waals surface area contributed by atoms with E-state index in [1.807, 2.05) is 30.3 Å². The van der Waals surface area contributed by atoms with Gasteiger partial charge in [0, 0.05) is 11.6 Å². The molecule has 1 aromatic carbocycles. The minimum Gasteiger partial charge on any atom is -0.326 e. The van der Waals surface area contributed by atoms with Crippen molar-refractivity contribution in [2.24, 2.45) is 17.8 Å². The molecule has 0 saturated heterocycles. The van der Waals surface area contributed by atoms with E-state index in [9.17, 15) is 4.79 Å². The Morgan fingerprint density at radius 2 is 2.06 bits per heavy atom. The van der Waals surface area contributed by atoms with Crippen LogP contribution in [0.25, 0.3) is 0 Å². The van der Waals surface area contributed by atoms with E-state index in [4.69, 9.17) is 0 Å². The minimum absolute atomic E-state index is 0.176. The topological polar surface area (TPSA) is 29.1 Å². The summed E-state index contributed by atoms with van der Waals surface area (Å²) in [5.41, 5.74) is 0.909. The quantitative estimate of drug-likeness (QED) is 0.850. The summed E-state index contributed by atoms with van der Waals surface area (Å²) in [7, 11) is 0. The molecule has 1 aliphatic rings. The molecule has 1 saturated carbocycles. The molecular weight excluding hydrogens is 222 g/mol. The van der Waals surface area contributed by atoms with E-state index >= 15 is 0 Å². The molecule has 1 amide bonds. The van der Waals surface area contributed by atoms with Crippen LogP contribution < -0.4 is 5.32 Å². The zero-order valence-corrected chi connectivity index (χ0v) is 11.4. The number of nitrogens with one attached hydrogen (secondary N) is 1. The smallest absolute Gasteiger partial charge is 0.227 e. The lowest BCUT2D eigenvalue weighted by atomic mass is 9.87. The summed E-state index contributed by atoms with van der Waals surface area (Å²) in [5.74, 6) is 1.74. The van der Waals surface area contributed by atoms with Crippen molar-refractivity contribution >= 4 is 11.6 Å². The maximum absolute atomic E-state index is 12.3. The van der Waals surface area contributed by atoms with Gasteiger partial charge in [0.1, 0.15) is 0 Å². The Balaban J connectivity index is 1.98. The van der Waals surface area contributed by atoms with E-state index in [2.05, 4.69) is 19.2 Å². The highest BCUT2D eigenvalue weighted by Crippen LogP contribution is 2.37. The maximum Gasteiger partial charge on any atom is 0.227 e. The van der Waals surface area contributed by atoms with Gasteiger partial charge in [0.2, 0.25) is 5.91 Å². The normalized spacial score (nSPS) is 24.8. The predicted molar refractivity (Wildman–Crippen MR) is 75.4 cm³/mol. The molecule has 2 rings (SSSR count). The fraction of sp³-hybridized carbons (Fsp3) is 0.562. The highest BCUT2D eigenvalue weighted by Gasteiger charge is 2.32. The summed E-state index contributed by atoms with van der Waals surface area (Å²) in [5, 5.41) is 3.05. The van der Waals surface area contributed by atoms with Gasteiger partial charge in [-0.1, -0.05) is 38.5 Å². The lowest BCUT2D eigenvalue weighted by Crippen LogP contribution is -2.27. The molecule has 1 N–H and O–H groups in total. The summed E-state index contributed by atoms with van der Waals surface area (Å²) in [4.78, 5) is 12.3. The molecule has 0 bridgehead atoms. The Bertz CT molecular complexity index is 387. The van der Waals surface area contributed by atoms with Crippen LogP contribution in [0.5, 0.6) is 0 Å². The van der Waals surface area contributed by atoms with Gasteiger partial charge in [-0.2, -0.15) is 0 Å². The number of para-hydroxylation sites is 1. The van der Waals surface area contributed by atoms with E-state index in [1.54, 1.807) is 0 Å². The van der Waals surface area contributed by atoms with Gasteiger partial charge in [-0.25, -0.2) is 0 Å². The van der Waals surface area contributed by atoms with Crippen LogP contribution in [-0.2, 0) is 4.79 Å². The Morgan fingerprint density at radius 1 is 1.33 bits per heavy atom. The van der Waals surface area contributed by atoms with Gasteiger partial charge in [0.15, 0.2) is 0 Å². The first kappa shape index (κ1) is 13.1. The number of anilines is 1. The van der Waals surface area contributed by atoms with Gasteiger partial charge >= 0.3 is 0 Å². The lowest BCUT2D eigenvalue weighted by molar-refractivity contribution is -0.121. The number of rotatable bonds is 4. The minimum atomic E-state index is 0.176. The molecule has 0 radical (unpaired) electrons. The van der Waals surface area contributed by atoms with Gasteiger partial charge in [0.25, 0.3) is 0 Å². The van der Waals surface area contributed by atoms with Crippen molar-refractivity contribution < 1.29 is 4.79 Å². The van der Waals surface area contributed by atoms with Gasteiger partial charge < -0.3 is 5.32 Å². The fourth-order valence-electron chi connectivity index (χ4n) is 3.11. The number of benzene rings is 1. The second-order valence-electron chi connectivity index (χ2n) is 5.55. The summed E-state index contributed by atoms with van der Waals surface area (Å²) in [6.45, 7) is 4.42. The predicted octanol–water partition coefficient (Wildman–Crippen LogP) is 4.09. The van der Waals surface area contributed by atoms with Gasteiger partial charge in [-0.3, -0.25) is 4.79 Å². The van der Waals surface area contributed by atoms with Crippen molar-refractivity contribution in [1.29, 1.82) is 0 Å². The summed E-state index contributed by atoms with van der Waals surface area (Å²) in [6.07, 6.45) is 4.64. The number of amides is 1. The second-order valence-corrected chi connectivity index (χ2v) is 5.55. The third-order valence-electron chi connectivity index (χ3n) is 4.12. The fourth-order valence-corrected chi connectivity index (χ4v) is 3.11. The van der Waals surface area contributed by atoms with Crippen LogP contribution in [0.2, 0.25) is 0 Å². The van der Waals surface area contributed by atoms with E-state index in [0.717, 1.165) is 18.0 Å². The van der Waals surface area contributed by atoms with Crippen molar-refractivity contribution in [2.45, 2.75) is 39.5 Å². The van der Waals surface area contributed by atoms with Crippen molar-refractivity contribution in [1.82, 2.24) is 0 Å². The van der Waals surface area contributed by atoms with Crippen LogP contribution in [-0.4, -0.2) is 5.91 Å². The Hall–Kier alpha value is -1.31. The lowest BCUT2D eigenvalue weighted by Gasteiger charge is -2.21. The first-order valence-corrected chi connectivity index (χ1v) is 7.06. The SMILES string of the molecule is CCC(C(=O)Nc1ccccc1)C1CCC(C)C1. The summed E-state index contributed by atoms with van der Waals surface area (Å²) in [6, 6.07) is 9.76. The van der Waals surface area contributed by atoms with Gasteiger partial charge in [-0.15, -0.1) is 0 Å². The van der Waals surface area contributed by atoms with Crippen molar-refractivity contribution in [3.63, 3.8) is 0 Å². The summed E-state index contributed by atoms with van der Waals surface area (Å²) < 4.78 is 0. The van der Waals surface area contributed by atoms with Crippen LogP contribution in [0.1, 0.15) is 39.5 Å². The number of carbonyl (C=O) groups is 1. The molecule has 1 fully saturated rings. The summed E-state index contributed by atoms with van der Waals surface area (Å²) >= 11 is 0. The van der Waals surface area contributed by atoms with E-state index in [0.29, 0.717) is 5.92 Å². The first-order valence-electron chi connectivity index (χ1n) is 7.06. The third kappa shape index (κ3) is 3.12. The van der Waals surface area contributed by atoms with E-state index in [-0.39, 0.29) is 11.8 Å². The Morgan fingerprint density at radius 3 is 2.61 bits per heavy atom. The second kappa shape index (κ2) is 6.03. The molecule has 0 aromatic heterocycles. The molecule has 1 aliphatic carbocycles. The highest BCUT2D eigenvalue weighted by molar-refractivity contribution is 5.92. The van der Waals surface area contributed by atoms with Crippen molar-refractivity contribution in [3.05, 3.63) is 30.3 Å². The van der Waals surface area contributed by atoms with E-state index < -0.39 is 0 Å². The molecule has 0 spiro atoms. The van der Waals surface area contributed by atoms with Crippen LogP contribution >= 0.6 is 0 Å². The molecule has 18 heavy (non-hydrogen) atoms. The Labute approximate surface area is 110 Å². The van der Waals surface area contributed by atoms with Gasteiger partial charge in [-0.05, 0) is 43.2 Å². The largest absolute Gasteiger partial charge is 0.326 e. The first-order chi connectivity index (χ1) is 8.70. The van der Waals surface area contributed by atoms with Crippen molar-refractivity contribution in [3.8, 4) is 0 Å². The van der Waals surface area contributed by atoms with Gasteiger partial charge in [0.05, 0.1) is 0 Å². The molecule has 98 valence electrons. The van der Waals surface area contributed by atoms with Crippen LogP contribution in [0.3, 0.4) is 0 Å². The highest BCUT2D eigenvalue weighted by atomic mass is 16.1. The molecule has 0 aliphatic heterocycles. The molecule has 3 unspecified atom stereocenters. The van der Waals surface area contributed by atoms with Crippen molar-refractivity contribution in [2.75, 3.05) is 5.32 Å². The zero-order valence-electron chi connectivity index (χ0n) is 11.4. The molecule has 2 heteroatoms.